The maximum absolute atomic E-state index is 11.7. The normalized spacial score (nSPS) is 33.1. The van der Waals surface area contributed by atoms with Crippen LogP contribution in [-0.2, 0) is 14.6 Å². The van der Waals surface area contributed by atoms with E-state index in [4.69, 9.17) is 9.73 Å². The van der Waals surface area contributed by atoms with Crippen molar-refractivity contribution < 1.29 is 13.2 Å². The summed E-state index contributed by atoms with van der Waals surface area (Å²) in [6.45, 7) is 5.54. The molecule has 0 radical (unpaired) electrons. The van der Waals surface area contributed by atoms with E-state index in [9.17, 15) is 8.42 Å². The molecule has 1 saturated carbocycles. The van der Waals surface area contributed by atoms with Crippen molar-refractivity contribution in [2.24, 2.45) is 22.7 Å². The SMILES string of the molecule is CC1CCCCC1NC(=NCC1CCS(=O)(=O)C1)NCC1CCOCC1. The molecule has 6 nitrogen and oxygen atoms in total. The lowest BCUT2D eigenvalue weighted by Gasteiger charge is -2.31. The molecule has 0 aromatic carbocycles. The first-order chi connectivity index (χ1) is 12.5. The molecule has 3 rings (SSSR count). The van der Waals surface area contributed by atoms with Gasteiger partial charge in [-0.15, -0.1) is 0 Å². The molecule has 2 N–H and O–H groups in total. The highest BCUT2D eigenvalue weighted by atomic mass is 32.2. The highest BCUT2D eigenvalue weighted by Gasteiger charge is 2.28. The first-order valence-electron chi connectivity index (χ1n) is 10.3. The zero-order valence-corrected chi connectivity index (χ0v) is 16.9. The van der Waals surface area contributed by atoms with Crippen LogP contribution in [0.1, 0.15) is 51.9 Å². The van der Waals surface area contributed by atoms with Crippen LogP contribution in [0.15, 0.2) is 4.99 Å². The Hall–Kier alpha value is -0.820. The smallest absolute Gasteiger partial charge is 0.191 e. The van der Waals surface area contributed by atoms with E-state index in [0.29, 0.717) is 35.9 Å². The van der Waals surface area contributed by atoms with Crippen molar-refractivity contribution in [1.82, 2.24) is 10.6 Å². The summed E-state index contributed by atoms with van der Waals surface area (Å²) >= 11 is 0. The van der Waals surface area contributed by atoms with E-state index in [1.54, 1.807) is 0 Å². The lowest BCUT2D eigenvalue weighted by atomic mass is 9.86. The van der Waals surface area contributed by atoms with Crippen molar-refractivity contribution in [3.8, 4) is 0 Å². The van der Waals surface area contributed by atoms with Gasteiger partial charge in [-0.2, -0.15) is 0 Å². The number of guanidine groups is 1. The number of ether oxygens (including phenoxy) is 1. The Bertz CT molecular complexity index is 573. The first kappa shape index (κ1) is 19.9. The van der Waals surface area contributed by atoms with Gasteiger partial charge >= 0.3 is 0 Å². The van der Waals surface area contributed by atoms with Gasteiger partial charge in [0.15, 0.2) is 15.8 Å². The molecule has 7 heteroatoms. The molecule has 2 saturated heterocycles. The molecule has 26 heavy (non-hydrogen) atoms. The Labute approximate surface area is 158 Å². The summed E-state index contributed by atoms with van der Waals surface area (Å²) in [6.07, 6.45) is 8.00. The summed E-state index contributed by atoms with van der Waals surface area (Å²) in [4.78, 5) is 4.78. The highest BCUT2D eigenvalue weighted by Crippen LogP contribution is 2.24. The zero-order chi connectivity index (χ0) is 18.4. The van der Waals surface area contributed by atoms with Gasteiger partial charge in [0, 0.05) is 32.3 Å². The summed E-state index contributed by atoms with van der Waals surface area (Å²) in [5, 5.41) is 7.18. The van der Waals surface area contributed by atoms with Crippen molar-refractivity contribution in [2.45, 2.75) is 57.9 Å². The van der Waals surface area contributed by atoms with Crippen molar-refractivity contribution in [2.75, 3.05) is 37.8 Å². The monoisotopic (exact) mass is 385 g/mol. The molecule has 3 atom stereocenters. The quantitative estimate of drug-likeness (QED) is 0.559. The number of sulfone groups is 1. The molecular weight excluding hydrogens is 350 g/mol. The van der Waals surface area contributed by atoms with Crippen molar-refractivity contribution >= 4 is 15.8 Å². The van der Waals surface area contributed by atoms with Gasteiger partial charge < -0.3 is 15.4 Å². The molecule has 3 unspecified atom stereocenters. The van der Waals surface area contributed by atoms with Crippen LogP contribution >= 0.6 is 0 Å². The Morgan fingerprint density at radius 2 is 1.85 bits per heavy atom. The Kier molecular flexibility index (Phi) is 7.20. The third-order valence-electron chi connectivity index (χ3n) is 6.17. The molecule has 2 aliphatic heterocycles. The summed E-state index contributed by atoms with van der Waals surface area (Å²) < 4.78 is 28.8. The van der Waals surface area contributed by atoms with E-state index in [-0.39, 0.29) is 5.92 Å². The lowest BCUT2D eigenvalue weighted by molar-refractivity contribution is 0.0675. The standard InChI is InChI=1S/C19H35N3O3S/c1-15-4-2-3-5-18(15)22-19(20-12-16-6-9-25-10-7-16)21-13-17-8-11-26(23,24)14-17/h15-18H,2-14H2,1H3,(H2,20,21,22). The zero-order valence-electron chi connectivity index (χ0n) is 16.1. The number of nitrogens with one attached hydrogen (secondary N) is 2. The Morgan fingerprint density at radius 3 is 2.54 bits per heavy atom. The van der Waals surface area contributed by atoms with Crippen LogP contribution in [0.2, 0.25) is 0 Å². The van der Waals surface area contributed by atoms with Crippen LogP contribution in [-0.4, -0.2) is 58.2 Å². The fourth-order valence-electron chi connectivity index (χ4n) is 4.29. The van der Waals surface area contributed by atoms with Crippen LogP contribution in [0, 0.1) is 17.8 Å². The molecular formula is C19H35N3O3S. The molecule has 0 amide bonds. The van der Waals surface area contributed by atoms with Gasteiger partial charge in [-0.3, -0.25) is 4.99 Å². The average molecular weight is 386 g/mol. The maximum Gasteiger partial charge on any atom is 0.191 e. The fourth-order valence-corrected chi connectivity index (χ4v) is 6.14. The average Bonchev–Trinajstić information content (AvgIpc) is 2.99. The molecule has 2 heterocycles. The number of nitrogens with zero attached hydrogens (tertiary/aromatic N) is 1. The summed E-state index contributed by atoms with van der Waals surface area (Å²) in [6, 6.07) is 0.469. The molecule has 3 fully saturated rings. The second-order valence-electron chi connectivity index (χ2n) is 8.41. The van der Waals surface area contributed by atoms with Crippen LogP contribution in [0.4, 0.5) is 0 Å². The molecule has 0 aromatic heterocycles. The summed E-state index contributed by atoms with van der Waals surface area (Å²) in [5.41, 5.74) is 0. The number of hydrogen-bond donors (Lipinski definition) is 2. The molecule has 3 aliphatic rings. The van der Waals surface area contributed by atoms with E-state index in [0.717, 1.165) is 45.0 Å². The predicted octanol–water partition coefficient (Wildman–Crippen LogP) is 1.96. The maximum atomic E-state index is 11.7. The second kappa shape index (κ2) is 9.40. The van der Waals surface area contributed by atoms with Crippen LogP contribution in [0.3, 0.4) is 0 Å². The van der Waals surface area contributed by atoms with Gasteiger partial charge in [0.1, 0.15) is 0 Å². The minimum Gasteiger partial charge on any atom is -0.381 e. The third kappa shape index (κ3) is 6.12. The Balaban J connectivity index is 1.57. The van der Waals surface area contributed by atoms with E-state index in [2.05, 4.69) is 17.6 Å². The van der Waals surface area contributed by atoms with Gasteiger partial charge in [0.05, 0.1) is 11.5 Å². The van der Waals surface area contributed by atoms with E-state index in [1.807, 2.05) is 0 Å². The number of hydrogen-bond acceptors (Lipinski definition) is 4. The van der Waals surface area contributed by atoms with Crippen LogP contribution in [0.25, 0.3) is 0 Å². The fraction of sp³-hybridized carbons (Fsp3) is 0.947. The number of rotatable bonds is 5. The molecule has 0 spiro atoms. The minimum absolute atomic E-state index is 0.172. The molecule has 1 aliphatic carbocycles. The van der Waals surface area contributed by atoms with Crippen molar-refractivity contribution in [1.29, 1.82) is 0 Å². The van der Waals surface area contributed by atoms with Gasteiger partial charge in [-0.25, -0.2) is 8.42 Å². The first-order valence-corrected chi connectivity index (χ1v) is 12.2. The molecule has 0 aromatic rings. The van der Waals surface area contributed by atoms with Crippen LogP contribution in [0.5, 0.6) is 0 Å². The van der Waals surface area contributed by atoms with Gasteiger partial charge in [0.2, 0.25) is 0 Å². The van der Waals surface area contributed by atoms with Gasteiger partial charge in [-0.05, 0) is 49.9 Å². The largest absolute Gasteiger partial charge is 0.381 e. The second-order valence-corrected chi connectivity index (χ2v) is 10.6. The minimum atomic E-state index is -2.83. The summed E-state index contributed by atoms with van der Waals surface area (Å²) in [5.74, 6) is 2.95. The lowest BCUT2D eigenvalue weighted by Crippen LogP contribution is -2.48. The van der Waals surface area contributed by atoms with Gasteiger partial charge in [0.25, 0.3) is 0 Å². The molecule has 0 bridgehead atoms. The summed E-state index contributed by atoms with van der Waals surface area (Å²) in [7, 11) is -2.83. The third-order valence-corrected chi connectivity index (χ3v) is 8.00. The Morgan fingerprint density at radius 1 is 1.08 bits per heavy atom. The topological polar surface area (TPSA) is 79.8 Å². The highest BCUT2D eigenvalue weighted by molar-refractivity contribution is 7.91. The molecule has 150 valence electrons. The van der Waals surface area contributed by atoms with E-state index >= 15 is 0 Å². The van der Waals surface area contributed by atoms with Crippen LogP contribution < -0.4 is 10.6 Å². The predicted molar refractivity (Wildman–Crippen MR) is 105 cm³/mol. The van der Waals surface area contributed by atoms with Crippen molar-refractivity contribution in [3.63, 3.8) is 0 Å². The van der Waals surface area contributed by atoms with E-state index in [1.165, 1.54) is 25.7 Å². The number of aliphatic imine (C=N–C) groups is 1. The van der Waals surface area contributed by atoms with Gasteiger partial charge in [-0.1, -0.05) is 19.8 Å². The van der Waals surface area contributed by atoms with Crippen molar-refractivity contribution in [3.05, 3.63) is 0 Å². The van der Waals surface area contributed by atoms with E-state index < -0.39 is 9.84 Å².